The standard InChI is InChI=1S/C45H27N3Se/c1-2-10-31(11-3-1)43-46-44(48-45(47-43)39-15-8-14-38-37-13-6-7-16-41(37)49-42(38)39)32-20-17-28(18-21-32)33-22-19-30-24-25-35-34-12-5-4-9-29(34)23-26-36(35)40(30)27-33/h1-27H. The second-order valence-electron chi connectivity index (χ2n) is 12.4. The molecule has 4 heteroatoms. The van der Waals surface area contributed by atoms with Crippen molar-refractivity contribution in [3.8, 4) is 45.3 Å². The van der Waals surface area contributed by atoms with Crippen LogP contribution in [0.2, 0.25) is 0 Å². The molecule has 10 aromatic rings. The molecule has 2 heterocycles. The van der Waals surface area contributed by atoms with E-state index in [-0.39, 0.29) is 14.5 Å². The van der Waals surface area contributed by atoms with Crippen LogP contribution in [0.1, 0.15) is 0 Å². The summed E-state index contributed by atoms with van der Waals surface area (Å²) in [6.45, 7) is 0. The first-order valence-corrected chi connectivity index (χ1v) is 18.2. The molecule has 0 amide bonds. The minimum atomic E-state index is 0.183. The SMILES string of the molecule is c1ccc(-c2nc(-c3ccc(-c4ccc5ccc6c7ccccc7ccc6c5c4)cc3)nc(-c3cccc4c3[se]c3ccccc34)n2)cc1. The first-order valence-electron chi connectivity index (χ1n) is 16.4. The number of fused-ring (bicyclic) bond motifs is 8. The van der Waals surface area contributed by atoms with Gasteiger partial charge in [-0.05, 0) is 26.9 Å². The number of nitrogens with zero attached hydrogens (tertiary/aromatic N) is 3. The van der Waals surface area contributed by atoms with Crippen LogP contribution in [0, 0.1) is 0 Å². The zero-order valence-electron chi connectivity index (χ0n) is 26.3. The molecule has 49 heavy (non-hydrogen) atoms. The fraction of sp³-hybridized carbons (Fsp3) is 0. The Kier molecular flexibility index (Phi) is 6.51. The Labute approximate surface area is 288 Å². The quantitative estimate of drug-likeness (QED) is 0.136. The minimum absolute atomic E-state index is 0.183. The molecule has 10 rings (SSSR count). The number of hydrogen-bond acceptors (Lipinski definition) is 3. The molecule has 228 valence electrons. The molecule has 0 spiro atoms. The Morgan fingerprint density at radius 3 is 1.71 bits per heavy atom. The predicted octanol–water partition coefficient (Wildman–Crippen LogP) is 11.4. The topological polar surface area (TPSA) is 38.7 Å². The Balaban J connectivity index is 1.09. The van der Waals surface area contributed by atoms with Crippen LogP contribution in [0.3, 0.4) is 0 Å². The van der Waals surface area contributed by atoms with E-state index in [2.05, 4.69) is 146 Å². The van der Waals surface area contributed by atoms with Crippen molar-refractivity contribution in [2.24, 2.45) is 0 Å². The second kappa shape index (κ2) is 11.3. The third-order valence-corrected chi connectivity index (χ3v) is 12.1. The van der Waals surface area contributed by atoms with Gasteiger partial charge in [0.15, 0.2) is 0 Å². The van der Waals surface area contributed by atoms with Gasteiger partial charge in [-0.3, -0.25) is 0 Å². The Morgan fingerprint density at radius 2 is 0.898 bits per heavy atom. The van der Waals surface area contributed by atoms with Crippen LogP contribution in [0.25, 0.3) is 96.9 Å². The van der Waals surface area contributed by atoms with Gasteiger partial charge in [0.05, 0.1) is 0 Å². The zero-order chi connectivity index (χ0) is 32.3. The van der Waals surface area contributed by atoms with Gasteiger partial charge in [0.2, 0.25) is 0 Å². The van der Waals surface area contributed by atoms with E-state index in [4.69, 9.17) is 15.0 Å². The summed E-state index contributed by atoms with van der Waals surface area (Å²) in [6.07, 6.45) is 0. The van der Waals surface area contributed by atoms with Crippen LogP contribution in [-0.2, 0) is 0 Å². The van der Waals surface area contributed by atoms with Crippen molar-refractivity contribution in [1.82, 2.24) is 15.0 Å². The van der Waals surface area contributed by atoms with E-state index in [1.165, 1.54) is 57.2 Å². The third kappa shape index (κ3) is 4.76. The van der Waals surface area contributed by atoms with Crippen LogP contribution in [0.5, 0.6) is 0 Å². The van der Waals surface area contributed by atoms with Crippen molar-refractivity contribution in [1.29, 1.82) is 0 Å². The van der Waals surface area contributed by atoms with E-state index in [1.54, 1.807) is 0 Å². The summed E-state index contributed by atoms with van der Waals surface area (Å²) in [7, 11) is 0. The van der Waals surface area contributed by atoms with Crippen molar-refractivity contribution in [2.45, 2.75) is 0 Å². The number of aromatic nitrogens is 3. The maximum absolute atomic E-state index is 5.13. The monoisotopic (exact) mass is 689 g/mol. The molecular weight excluding hydrogens is 661 g/mol. The van der Waals surface area contributed by atoms with Gasteiger partial charge in [0, 0.05) is 0 Å². The molecule has 0 fully saturated rings. The van der Waals surface area contributed by atoms with Crippen LogP contribution >= 0.6 is 0 Å². The van der Waals surface area contributed by atoms with Gasteiger partial charge in [-0.25, -0.2) is 0 Å². The fourth-order valence-electron chi connectivity index (χ4n) is 7.07. The summed E-state index contributed by atoms with van der Waals surface area (Å²) in [5, 5.41) is 10.2. The molecular formula is C45H27N3Se. The van der Waals surface area contributed by atoms with Crippen LogP contribution in [0.4, 0.5) is 0 Å². The molecule has 0 saturated carbocycles. The van der Waals surface area contributed by atoms with Gasteiger partial charge in [-0.15, -0.1) is 0 Å². The molecule has 0 bridgehead atoms. The summed E-state index contributed by atoms with van der Waals surface area (Å²) in [6, 6.07) is 58.5. The van der Waals surface area contributed by atoms with E-state index in [0.717, 1.165) is 22.3 Å². The average Bonchev–Trinajstić information content (AvgIpc) is 3.57. The first-order chi connectivity index (χ1) is 24.3. The molecule has 0 saturated heterocycles. The van der Waals surface area contributed by atoms with Crippen LogP contribution in [0.15, 0.2) is 164 Å². The molecule has 8 aromatic carbocycles. The van der Waals surface area contributed by atoms with Gasteiger partial charge in [-0.1, -0.05) is 48.5 Å². The molecule has 3 nitrogen and oxygen atoms in total. The number of hydrogen-bond donors (Lipinski definition) is 0. The molecule has 0 atom stereocenters. The summed E-state index contributed by atoms with van der Waals surface area (Å²) in [4.78, 5) is 15.2. The number of benzene rings is 8. The fourth-order valence-corrected chi connectivity index (χ4v) is 9.62. The van der Waals surface area contributed by atoms with E-state index < -0.39 is 0 Å². The normalized spacial score (nSPS) is 11.7. The van der Waals surface area contributed by atoms with Crippen molar-refractivity contribution in [3.63, 3.8) is 0 Å². The Hall–Kier alpha value is -5.93. The summed E-state index contributed by atoms with van der Waals surface area (Å²) in [5.74, 6) is 2.07. The third-order valence-electron chi connectivity index (χ3n) is 9.53. The van der Waals surface area contributed by atoms with Crippen molar-refractivity contribution in [2.75, 3.05) is 0 Å². The maximum atomic E-state index is 5.13. The van der Waals surface area contributed by atoms with Crippen molar-refractivity contribution >= 4 is 66.1 Å². The van der Waals surface area contributed by atoms with Crippen molar-refractivity contribution < 1.29 is 0 Å². The summed E-state index contributed by atoms with van der Waals surface area (Å²) < 4.78 is 2.74. The summed E-state index contributed by atoms with van der Waals surface area (Å²) in [5.41, 5.74) is 5.36. The summed E-state index contributed by atoms with van der Waals surface area (Å²) >= 11 is 0.183. The average molecular weight is 689 g/mol. The van der Waals surface area contributed by atoms with Gasteiger partial charge >= 0.3 is 215 Å². The second-order valence-corrected chi connectivity index (χ2v) is 14.6. The van der Waals surface area contributed by atoms with Crippen LogP contribution < -0.4 is 0 Å². The number of rotatable bonds is 4. The molecule has 0 aliphatic rings. The zero-order valence-corrected chi connectivity index (χ0v) is 28.1. The molecule has 0 radical (unpaired) electrons. The Bertz CT molecular complexity index is 2870. The van der Waals surface area contributed by atoms with Gasteiger partial charge < -0.3 is 0 Å². The van der Waals surface area contributed by atoms with Crippen LogP contribution in [-0.4, -0.2) is 29.5 Å². The molecule has 0 aliphatic carbocycles. The molecule has 0 unspecified atom stereocenters. The molecule has 2 aromatic heterocycles. The Morgan fingerprint density at radius 1 is 0.327 bits per heavy atom. The van der Waals surface area contributed by atoms with E-state index in [0.29, 0.717) is 17.5 Å². The van der Waals surface area contributed by atoms with Gasteiger partial charge in [0.25, 0.3) is 0 Å². The molecule has 0 N–H and O–H groups in total. The van der Waals surface area contributed by atoms with Gasteiger partial charge in [-0.2, -0.15) is 0 Å². The first kappa shape index (κ1) is 28.1. The van der Waals surface area contributed by atoms with E-state index in [1.807, 2.05) is 18.2 Å². The van der Waals surface area contributed by atoms with Crippen molar-refractivity contribution in [3.05, 3.63) is 164 Å². The predicted molar refractivity (Wildman–Crippen MR) is 206 cm³/mol. The van der Waals surface area contributed by atoms with E-state index in [9.17, 15) is 0 Å². The van der Waals surface area contributed by atoms with Gasteiger partial charge in [0.1, 0.15) is 0 Å². The molecule has 0 aliphatic heterocycles. The van der Waals surface area contributed by atoms with E-state index >= 15 is 0 Å².